The summed E-state index contributed by atoms with van der Waals surface area (Å²) in [7, 11) is 0. The molecule has 0 amide bonds. The van der Waals surface area contributed by atoms with Gasteiger partial charge in [-0.1, -0.05) is 29.8 Å². The summed E-state index contributed by atoms with van der Waals surface area (Å²) in [5, 5.41) is 4.60. The molecule has 1 aromatic carbocycles. The van der Waals surface area contributed by atoms with Crippen LogP contribution in [0.3, 0.4) is 0 Å². The van der Waals surface area contributed by atoms with E-state index in [9.17, 15) is 0 Å². The van der Waals surface area contributed by atoms with Gasteiger partial charge in [-0.25, -0.2) is 0 Å². The molecule has 1 aromatic heterocycles. The molecule has 0 unspecified atom stereocenters. The Morgan fingerprint density at radius 1 is 1.19 bits per heavy atom. The highest BCUT2D eigenvalue weighted by atomic mass is 79.9. The molecule has 84 valence electrons. The fraction of sp³-hybridized carbons (Fsp3) is 0.308. The molecule has 2 aromatic rings. The van der Waals surface area contributed by atoms with E-state index in [2.05, 4.69) is 66.1 Å². The van der Waals surface area contributed by atoms with E-state index in [-0.39, 0.29) is 0 Å². The van der Waals surface area contributed by atoms with Crippen LogP contribution in [0.5, 0.6) is 0 Å². The molecule has 0 bridgehead atoms. The van der Waals surface area contributed by atoms with Crippen molar-refractivity contribution in [1.82, 2.24) is 9.78 Å². The van der Waals surface area contributed by atoms with Crippen LogP contribution in [-0.4, -0.2) is 9.78 Å². The Balaban J connectivity index is 2.52. The Bertz CT molecular complexity index is 497. The molecule has 0 fully saturated rings. The van der Waals surface area contributed by atoms with E-state index in [1.807, 2.05) is 4.68 Å². The maximum Gasteiger partial charge on any atom is 0.107 e. The first-order valence-corrected chi connectivity index (χ1v) is 6.22. The summed E-state index contributed by atoms with van der Waals surface area (Å²) in [6.45, 7) is 7.18. The maximum atomic E-state index is 4.60. The molecule has 2 rings (SSSR count). The lowest BCUT2D eigenvalue weighted by atomic mass is 10.1. The topological polar surface area (TPSA) is 17.8 Å². The fourth-order valence-corrected chi connectivity index (χ4v) is 2.24. The lowest BCUT2D eigenvalue weighted by Gasteiger charge is -1.98. The summed E-state index contributed by atoms with van der Waals surface area (Å²) < 4.78 is 3.11. The van der Waals surface area contributed by atoms with Crippen LogP contribution in [0.15, 0.2) is 28.7 Å². The fourth-order valence-electron chi connectivity index (χ4n) is 1.73. The Kier molecular flexibility index (Phi) is 3.15. The Morgan fingerprint density at radius 3 is 2.31 bits per heavy atom. The summed E-state index contributed by atoms with van der Waals surface area (Å²) >= 11 is 3.61. The highest BCUT2D eigenvalue weighted by Gasteiger charge is 2.12. The van der Waals surface area contributed by atoms with Crippen molar-refractivity contribution in [2.75, 3.05) is 0 Å². The maximum absolute atomic E-state index is 4.60. The number of hydrogen-bond acceptors (Lipinski definition) is 1. The average Bonchev–Trinajstić information content (AvgIpc) is 2.57. The van der Waals surface area contributed by atoms with E-state index >= 15 is 0 Å². The van der Waals surface area contributed by atoms with Gasteiger partial charge in [0.25, 0.3) is 0 Å². The molecule has 0 N–H and O–H groups in total. The van der Waals surface area contributed by atoms with Gasteiger partial charge in [-0.2, -0.15) is 5.10 Å². The number of benzene rings is 1. The summed E-state index contributed by atoms with van der Waals surface area (Å²) in [6, 6.07) is 8.45. The summed E-state index contributed by atoms with van der Waals surface area (Å²) in [6.07, 6.45) is 0. The standard InChI is InChI=1S/C13H15BrN2/c1-4-16-10(3)12(14)13(15-16)11-7-5-9(2)6-8-11/h5-8H,4H2,1-3H3. The number of hydrogen-bond donors (Lipinski definition) is 0. The van der Waals surface area contributed by atoms with Gasteiger partial charge in [0, 0.05) is 12.1 Å². The average molecular weight is 279 g/mol. The van der Waals surface area contributed by atoms with Crippen LogP contribution in [0.25, 0.3) is 11.3 Å². The van der Waals surface area contributed by atoms with Crippen molar-refractivity contribution in [3.63, 3.8) is 0 Å². The smallest absolute Gasteiger partial charge is 0.107 e. The minimum Gasteiger partial charge on any atom is -0.268 e. The summed E-state index contributed by atoms with van der Waals surface area (Å²) in [4.78, 5) is 0. The number of aromatic nitrogens is 2. The quantitative estimate of drug-likeness (QED) is 0.814. The van der Waals surface area contributed by atoms with Crippen LogP contribution in [0.4, 0.5) is 0 Å². The molecule has 0 aliphatic rings. The zero-order chi connectivity index (χ0) is 11.7. The minimum absolute atomic E-state index is 0.899. The second-order valence-electron chi connectivity index (χ2n) is 3.93. The highest BCUT2D eigenvalue weighted by Crippen LogP contribution is 2.30. The zero-order valence-electron chi connectivity index (χ0n) is 9.79. The molecular formula is C13H15BrN2. The van der Waals surface area contributed by atoms with Gasteiger partial charge in [-0.05, 0) is 36.7 Å². The zero-order valence-corrected chi connectivity index (χ0v) is 11.4. The first-order chi connectivity index (χ1) is 7.63. The lowest BCUT2D eigenvalue weighted by molar-refractivity contribution is 0.641. The van der Waals surface area contributed by atoms with Crippen molar-refractivity contribution in [2.24, 2.45) is 0 Å². The van der Waals surface area contributed by atoms with Gasteiger partial charge in [0.2, 0.25) is 0 Å². The van der Waals surface area contributed by atoms with Gasteiger partial charge >= 0.3 is 0 Å². The minimum atomic E-state index is 0.899. The lowest BCUT2D eigenvalue weighted by Crippen LogP contribution is -1.98. The van der Waals surface area contributed by atoms with Gasteiger partial charge < -0.3 is 0 Å². The number of nitrogens with zero attached hydrogens (tertiary/aromatic N) is 2. The van der Waals surface area contributed by atoms with Crippen LogP contribution in [0.2, 0.25) is 0 Å². The van der Waals surface area contributed by atoms with Crippen molar-refractivity contribution < 1.29 is 0 Å². The third-order valence-electron chi connectivity index (χ3n) is 2.76. The number of aryl methyl sites for hydroxylation is 2. The molecular weight excluding hydrogens is 264 g/mol. The molecule has 0 saturated heterocycles. The normalized spacial score (nSPS) is 10.8. The van der Waals surface area contributed by atoms with Crippen LogP contribution < -0.4 is 0 Å². The van der Waals surface area contributed by atoms with Crippen LogP contribution in [-0.2, 0) is 6.54 Å². The monoisotopic (exact) mass is 278 g/mol. The molecule has 0 saturated carbocycles. The van der Waals surface area contributed by atoms with Crippen molar-refractivity contribution in [3.8, 4) is 11.3 Å². The SMILES string of the molecule is CCn1nc(-c2ccc(C)cc2)c(Br)c1C. The van der Waals surface area contributed by atoms with Gasteiger partial charge in [0.15, 0.2) is 0 Å². The Hall–Kier alpha value is -1.09. The first kappa shape index (κ1) is 11.4. The second kappa shape index (κ2) is 4.42. The van der Waals surface area contributed by atoms with E-state index in [1.54, 1.807) is 0 Å². The van der Waals surface area contributed by atoms with Gasteiger partial charge in [-0.15, -0.1) is 0 Å². The van der Waals surface area contributed by atoms with Crippen molar-refractivity contribution in [3.05, 3.63) is 40.0 Å². The van der Waals surface area contributed by atoms with Crippen LogP contribution >= 0.6 is 15.9 Å². The molecule has 0 aliphatic carbocycles. The highest BCUT2D eigenvalue weighted by molar-refractivity contribution is 9.10. The Labute approximate surface area is 104 Å². The molecule has 0 aliphatic heterocycles. The van der Waals surface area contributed by atoms with Gasteiger partial charge in [0.1, 0.15) is 5.69 Å². The summed E-state index contributed by atoms with van der Waals surface area (Å²) in [5.41, 5.74) is 4.64. The molecule has 0 radical (unpaired) electrons. The van der Waals surface area contributed by atoms with Crippen molar-refractivity contribution >= 4 is 15.9 Å². The molecule has 1 heterocycles. The molecule has 0 atom stereocenters. The molecule has 0 spiro atoms. The Morgan fingerprint density at radius 2 is 1.81 bits per heavy atom. The van der Waals surface area contributed by atoms with Crippen molar-refractivity contribution in [1.29, 1.82) is 0 Å². The largest absolute Gasteiger partial charge is 0.268 e. The third kappa shape index (κ3) is 1.92. The van der Waals surface area contributed by atoms with Crippen LogP contribution in [0.1, 0.15) is 18.2 Å². The van der Waals surface area contributed by atoms with E-state index in [0.29, 0.717) is 0 Å². The number of halogens is 1. The number of rotatable bonds is 2. The van der Waals surface area contributed by atoms with E-state index in [4.69, 9.17) is 0 Å². The van der Waals surface area contributed by atoms with Crippen LogP contribution in [0, 0.1) is 13.8 Å². The second-order valence-corrected chi connectivity index (χ2v) is 4.72. The van der Waals surface area contributed by atoms with Crippen molar-refractivity contribution in [2.45, 2.75) is 27.3 Å². The molecule has 2 nitrogen and oxygen atoms in total. The predicted octanol–water partition coefficient (Wildman–Crippen LogP) is 3.95. The van der Waals surface area contributed by atoms with E-state index in [0.717, 1.165) is 22.3 Å². The summed E-state index contributed by atoms with van der Waals surface area (Å²) in [5.74, 6) is 0. The van der Waals surface area contributed by atoms with Gasteiger partial charge in [-0.3, -0.25) is 4.68 Å². The van der Waals surface area contributed by atoms with E-state index in [1.165, 1.54) is 11.3 Å². The van der Waals surface area contributed by atoms with Gasteiger partial charge in [0.05, 0.1) is 10.2 Å². The third-order valence-corrected chi connectivity index (χ3v) is 3.71. The molecule has 16 heavy (non-hydrogen) atoms. The van der Waals surface area contributed by atoms with E-state index < -0.39 is 0 Å². The molecule has 3 heteroatoms. The first-order valence-electron chi connectivity index (χ1n) is 5.43. The predicted molar refractivity (Wildman–Crippen MR) is 70.5 cm³/mol.